The fourth-order valence-electron chi connectivity index (χ4n) is 4.12. The van der Waals surface area contributed by atoms with Crippen molar-refractivity contribution in [3.8, 4) is 0 Å². The molecule has 148 valence electrons. The topological polar surface area (TPSA) is 24.9 Å². The van der Waals surface area contributed by atoms with E-state index in [4.69, 9.17) is 9.47 Å². The Kier molecular flexibility index (Phi) is 6.64. The Balaban J connectivity index is 1.29. The fraction of sp³-hybridized carbons (Fsp3) is 0.417. The number of hydrogen-bond donors (Lipinski definition) is 0. The highest BCUT2D eigenvalue weighted by Gasteiger charge is 2.29. The van der Waals surface area contributed by atoms with Gasteiger partial charge in [-0.1, -0.05) is 60.7 Å². The molecule has 0 aromatic heterocycles. The molecule has 0 spiro atoms. The van der Waals surface area contributed by atoms with Crippen molar-refractivity contribution in [3.63, 3.8) is 0 Å². The lowest BCUT2D eigenvalue weighted by molar-refractivity contribution is 0.0452. The van der Waals surface area contributed by atoms with Crippen molar-refractivity contribution >= 4 is 0 Å². The lowest BCUT2D eigenvalue weighted by Crippen LogP contribution is -2.51. The van der Waals surface area contributed by atoms with Crippen LogP contribution < -0.4 is 0 Å². The molecule has 0 saturated carbocycles. The smallest absolute Gasteiger partial charge is 0.229 e. The van der Waals surface area contributed by atoms with Gasteiger partial charge in [0.25, 0.3) is 0 Å². The van der Waals surface area contributed by atoms with E-state index in [0.29, 0.717) is 6.79 Å². The maximum Gasteiger partial charge on any atom is 0.229 e. The van der Waals surface area contributed by atoms with Gasteiger partial charge in [-0.25, -0.2) is 0 Å². The summed E-state index contributed by atoms with van der Waals surface area (Å²) < 4.78 is 11.1. The second kappa shape index (κ2) is 9.76. The minimum atomic E-state index is 0.261. The van der Waals surface area contributed by atoms with Crippen LogP contribution in [0.4, 0.5) is 0 Å². The molecule has 0 N–H and O–H groups in total. The van der Waals surface area contributed by atoms with Crippen LogP contribution in [0.2, 0.25) is 0 Å². The summed E-state index contributed by atoms with van der Waals surface area (Å²) in [5.74, 6) is 0.974. The van der Waals surface area contributed by atoms with Crippen molar-refractivity contribution in [2.75, 3.05) is 39.5 Å². The first-order chi connectivity index (χ1) is 13.9. The maximum atomic E-state index is 5.76. The molecule has 1 fully saturated rings. The van der Waals surface area contributed by atoms with E-state index in [2.05, 4.69) is 70.5 Å². The number of rotatable bonds is 8. The van der Waals surface area contributed by atoms with E-state index >= 15 is 0 Å². The highest BCUT2D eigenvalue weighted by molar-refractivity contribution is 5.19. The number of piperazine rings is 1. The normalized spacial score (nSPS) is 18.9. The Morgan fingerprint density at radius 3 is 2.14 bits per heavy atom. The summed E-state index contributed by atoms with van der Waals surface area (Å²) in [7, 11) is 0. The van der Waals surface area contributed by atoms with Gasteiger partial charge in [-0.2, -0.15) is 0 Å². The zero-order valence-electron chi connectivity index (χ0n) is 16.5. The molecule has 1 atom stereocenters. The first-order valence-corrected chi connectivity index (χ1v) is 10.4. The van der Waals surface area contributed by atoms with E-state index in [1.165, 1.54) is 24.1 Å². The van der Waals surface area contributed by atoms with Crippen molar-refractivity contribution in [1.29, 1.82) is 0 Å². The maximum absolute atomic E-state index is 5.76. The summed E-state index contributed by atoms with van der Waals surface area (Å²) in [6, 6.07) is 21.7. The van der Waals surface area contributed by atoms with E-state index in [1.807, 2.05) is 0 Å². The minimum Gasteiger partial charge on any atom is -0.462 e. The van der Waals surface area contributed by atoms with Crippen LogP contribution in [0.3, 0.4) is 0 Å². The van der Waals surface area contributed by atoms with Gasteiger partial charge in [0.15, 0.2) is 5.76 Å². The SMILES string of the molecule is C1=C(C(Cc2ccccc2)N2CCN(CCCc3ccccc3)CC2)OCO1. The third-order valence-corrected chi connectivity index (χ3v) is 5.72. The molecule has 2 heterocycles. The van der Waals surface area contributed by atoms with Crippen LogP contribution in [0.25, 0.3) is 0 Å². The molecule has 1 saturated heterocycles. The molecule has 0 radical (unpaired) electrons. The summed E-state index contributed by atoms with van der Waals surface area (Å²) in [5.41, 5.74) is 2.78. The van der Waals surface area contributed by atoms with Gasteiger partial charge in [-0.05, 0) is 36.9 Å². The molecule has 28 heavy (non-hydrogen) atoms. The van der Waals surface area contributed by atoms with Gasteiger partial charge in [-0.15, -0.1) is 0 Å². The Hall–Kier alpha value is -2.30. The Labute approximate surface area is 168 Å². The van der Waals surface area contributed by atoms with Crippen LogP contribution >= 0.6 is 0 Å². The first-order valence-electron chi connectivity index (χ1n) is 10.4. The Morgan fingerprint density at radius 2 is 1.50 bits per heavy atom. The van der Waals surface area contributed by atoms with Gasteiger partial charge < -0.3 is 14.4 Å². The molecule has 4 heteroatoms. The van der Waals surface area contributed by atoms with Crippen molar-refractivity contribution in [1.82, 2.24) is 9.80 Å². The standard InChI is InChI=1S/C24H30N2O2/c1-3-8-21(9-4-1)12-7-13-25-14-16-26(17-15-25)23(24-19-27-20-28-24)18-22-10-5-2-6-11-22/h1-6,8-11,19,23H,7,12-18,20H2. The number of ether oxygens (including phenoxy) is 2. The summed E-state index contributed by atoms with van der Waals surface area (Å²) >= 11 is 0. The van der Waals surface area contributed by atoms with E-state index in [9.17, 15) is 0 Å². The van der Waals surface area contributed by atoms with E-state index < -0.39 is 0 Å². The van der Waals surface area contributed by atoms with Crippen molar-refractivity contribution < 1.29 is 9.47 Å². The molecule has 2 aromatic rings. The fourth-order valence-corrected chi connectivity index (χ4v) is 4.12. The molecular formula is C24H30N2O2. The van der Waals surface area contributed by atoms with Gasteiger partial charge in [0, 0.05) is 26.2 Å². The lowest BCUT2D eigenvalue weighted by Gasteiger charge is -2.39. The largest absolute Gasteiger partial charge is 0.462 e. The molecule has 2 aromatic carbocycles. The predicted molar refractivity (Wildman–Crippen MR) is 112 cm³/mol. The quantitative estimate of drug-likeness (QED) is 0.699. The molecule has 0 amide bonds. The molecule has 4 rings (SSSR count). The highest BCUT2D eigenvalue weighted by atomic mass is 16.7. The van der Waals surface area contributed by atoms with Gasteiger partial charge in [0.1, 0.15) is 6.26 Å². The van der Waals surface area contributed by atoms with E-state index in [0.717, 1.165) is 44.8 Å². The zero-order valence-corrected chi connectivity index (χ0v) is 16.5. The molecule has 4 nitrogen and oxygen atoms in total. The van der Waals surface area contributed by atoms with Crippen molar-refractivity contribution in [3.05, 3.63) is 83.8 Å². The van der Waals surface area contributed by atoms with Gasteiger partial charge in [0.05, 0.1) is 6.04 Å². The molecule has 2 aliphatic heterocycles. The van der Waals surface area contributed by atoms with Crippen molar-refractivity contribution in [2.24, 2.45) is 0 Å². The van der Waals surface area contributed by atoms with Crippen LogP contribution in [0.1, 0.15) is 17.5 Å². The highest BCUT2D eigenvalue weighted by Crippen LogP contribution is 2.22. The molecule has 1 unspecified atom stereocenters. The van der Waals surface area contributed by atoms with Gasteiger partial charge in [-0.3, -0.25) is 4.90 Å². The minimum absolute atomic E-state index is 0.261. The second-order valence-corrected chi connectivity index (χ2v) is 7.62. The Bertz CT molecular complexity index is 740. The summed E-state index contributed by atoms with van der Waals surface area (Å²) in [6.45, 7) is 5.91. The Morgan fingerprint density at radius 1 is 0.821 bits per heavy atom. The summed E-state index contributed by atoms with van der Waals surface area (Å²) in [4.78, 5) is 5.15. The van der Waals surface area contributed by atoms with Crippen molar-refractivity contribution in [2.45, 2.75) is 25.3 Å². The average molecular weight is 379 g/mol. The van der Waals surface area contributed by atoms with Crippen LogP contribution in [-0.2, 0) is 22.3 Å². The molecule has 0 aliphatic carbocycles. The number of benzene rings is 2. The zero-order chi connectivity index (χ0) is 19.0. The van der Waals surface area contributed by atoms with E-state index in [-0.39, 0.29) is 6.04 Å². The number of aryl methyl sites for hydroxylation is 1. The van der Waals surface area contributed by atoms with Gasteiger partial charge >= 0.3 is 0 Å². The van der Waals surface area contributed by atoms with Crippen LogP contribution in [0, 0.1) is 0 Å². The third kappa shape index (κ3) is 5.15. The molecular weight excluding hydrogens is 348 g/mol. The van der Waals surface area contributed by atoms with E-state index in [1.54, 1.807) is 6.26 Å². The summed E-state index contributed by atoms with van der Waals surface area (Å²) in [6.07, 6.45) is 5.15. The first kappa shape index (κ1) is 19.0. The number of hydrogen-bond acceptors (Lipinski definition) is 4. The third-order valence-electron chi connectivity index (χ3n) is 5.72. The molecule has 0 bridgehead atoms. The van der Waals surface area contributed by atoms with Gasteiger partial charge in [0.2, 0.25) is 6.79 Å². The lowest BCUT2D eigenvalue weighted by atomic mass is 10.0. The molecule has 2 aliphatic rings. The summed E-state index contributed by atoms with van der Waals surface area (Å²) in [5, 5.41) is 0. The second-order valence-electron chi connectivity index (χ2n) is 7.62. The van der Waals surface area contributed by atoms with Crippen LogP contribution in [0.5, 0.6) is 0 Å². The van der Waals surface area contributed by atoms with Crippen LogP contribution in [0.15, 0.2) is 72.7 Å². The average Bonchev–Trinajstić information content (AvgIpc) is 3.29. The monoisotopic (exact) mass is 378 g/mol. The van der Waals surface area contributed by atoms with Crippen LogP contribution in [-0.4, -0.2) is 55.4 Å². The predicted octanol–water partition coefficient (Wildman–Crippen LogP) is 3.69. The number of nitrogens with zero attached hydrogens (tertiary/aromatic N) is 2.